The third kappa shape index (κ3) is 3.21. The Morgan fingerprint density at radius 2 is 1.82 bits per heavy atom. The summed E-state index contributed by atoms with van der Waals surface area (Å²) < 4.78 is 73.5. The van der Waals surface area contributed by atoms with Crippen LogP contribution in [0.1, 0.15) is 11.3 Å². The largest absolute Gasteiger partial charge is 0.450 e. The topological polar surface area (TPSA) is 34.9 Å². The smallest absolute Gasteiger partial charge is 0.289 e. The highest BCUT2D eigenvalue weighted by atomic mass is 19.4. The Balaban J connectivity index is 3.04. The molecular formula is C8H6F6N2O. The summed E-state index contributed by atoms with van der Waals surface area (Å²) >= 11 is 0. The Morgan fingerprint density at radius 1 is 1.29 bits per heavy atom. The van der Waals surface area contributed by atoms with Crippen molar-refractivity contribution in [2.75, 3.05) is 0 Å². The molecule has 17 heavy (non-hydrogen) atoms. The first-order valence-corrected chi connectivity index (χ1v) is 4.21. The number of hydrogen-bond acceptors (Lipinski definition) is 2. The highest BCUT2D eigenvalue weighted by Gasteiger charge is 2.42. The first-order chi connectivity index (χ1) is 7.51. The average Bonchev–Trinajstić information content (AvgIpc) is 2.44. The van der Waals surface area contributed by atoms with Crippen molar-refractivity contribution >= 4 is 5.78 Å². The van der Waals surface area contributed by atoms with Crippen LogP contribution in [-0.4, -0.2) is 21.7 Å². The SMILES string of the molecule is Cn1cc(CC(=O)C(F)(F)F)c(C(F)(F)F)n1. The number of alkyl halides is 6. The number of Topliss-reactive ketones (excluding diaryl/α,β-unsaturated/α-hetero) is 1. The lowest BCUT2D eigenvalue weighted by molar-refractivity contribution is -0.170. The van der Waals surface area contributed by atoms with Gasteiger partial charge in [-0.1, -0.05) is 0 Å². The summed E-state index contributed by atoms with van der Waals surface area (Å²) in [7, 11) is 1.12. The standard InChI is InChI=1S/C8H6F6N2O/c1-16-3-4(2-5(17)7(9,10)11)6(15-16)8(12,13)14/h3H,2H2,1H3. The van der Waals surface area contributed by atoms with E-state index in [9.17, 15) is 31.1 Å². The van der Waals surface area contributed by atoms with Crippen LogP contribution in [0.5, 0.6) is 0 Å². The van der Waals surface area contributed by atoms with E-state index in [1.54, 1.807) is 0 Å². The van der Waals surface area contributed by atoms with Crippen molar-refractivity contribution in [3.8, 4) is 0 Å². The van der Waals surface area contributed by atoms with Crippen LogP contribution in [0.2, 0.25) is 0 Å². The molecule has 1 aromatic rings. The third-order valence-corrected chi connectivity index (χ3v) is 1.84. The van der Waals surface area contributed by atoms with E-state index in [4.69, 9.17) is 0 Å². The summed E-state index contributed by atoms with van der Waals surface area (Å²) in [4.78, 5) is 10.6. The van der Waals surface area contributed by atoms with E-state index < -0.39 is 35.8 Å². The van der Waals surface area contributed by atoms with Gasteiger partial charge in [-0.15, -0.1) is 0 Å². The first kappa shape index (κ1) is 13.5. The second kappa shape index (κ2) is 4.04. The molecule has 0 aliphatic heterocycles. The molecule has 0 saturated carbocycles. The fourth-order valence-electron chi connectivity index (χ4n) is 1.18. The molecule has 0 aromatic carbocycles. The predicted octanol–water partition coefficient (Wildman–Crippen LogP) is 2.11. The number of halogens is 6. The lowest BCUT2D eigenvalue weighted by Gasteiger charge is -2.07. The van der Waals surface area contributed by atoms with Crippen LogP contribution in [0, 0.1) is 0 Å². The molecule has 9 heteroatoms. The van der Waals surface area contributed by atoms with Crippen LogP contribution in [0.4, 0.5) is 26.3 Å². The maximum atomic E-state index is 12.3. The molecular weight excluding hydrogens is 254 g/mol. The van der Waals surface area contributed by atoms with Crippen LogP contribution >= 0.6 is 0 Å². The summed E-state index contributed by atoms with van der Waals surface area (Å²) in [5.41, 5.74) is -2.26. The number of aromatic nitrogens is 2. The Kier molecular flexibility index (Phi) is 3.22. The zero-order valence-electron chi connectivity index (χ0n) is 8.35. The van der Waals surface area contributed by atoms with Gasteiger partial charge in [0.05, 0.1) is 0 Å². The molecule has 0 N–H and O–H groups in total. The maximum Gasteiger partial charge on any atom is 0.450 e. The molecule has 1 heterocycles. The van der Waals surface area contributed by atoms with Crippen molar-refractivity contribution in [2.45, 2.75) is 18.8 Å². The van der Waals surface area contributed by atoms with E-state index >= 15 is 0 Å². The summed E-state index contributed by atoms with van der Waals surface area (Å²) in [5, 5.41) is 2.99. The number of rotatable bonds is 2. The fraction of sp³-hybridized carbons (Fsp3) is 0.500. The third-order valence-electron chi connectivity index (χ3n) is 1.84. The normalized spacial score (nSPS) is 12.9. The van der Waals surface area contributed by atoms with Gasteiger partial charge in [-0.05, 0) is 0 Å². The molecule has 0 spiro atoms. The van der Waals surface area contributed by atoms with Gasteiger partial charge >= 0.3 is 12.4 Å². The molecule has 0 saturated heterocycles. The molecule has 0 unspecified atom stereocenters. The molecule has 3 nitrogen and oxygen atoms in total. The van der Waals surface area contributed by atoms with Crippen LogP contribution in [0.15, 0.2) is 6.20 Å². The number of carbonyl (C=O) groups excluding carboxylic acids is 1. The second-order valence-corrected chi connectivity index (χ2v) is 3.27. The lowest BCUT2D eigenvalue weighted by Crippen LogP contribution is -2.25. The molecule has 0 bridgehead atoms. The molecule has 0 aliphatic carbocycles. The van der Waals surface area contributed by atoms with Gasteiger partial charge < -0.3 is 0 Å². The van der Waals surface area contributed by atoms with Gasteiger partial charge in [-0.3, -0.25) is 9.48 Å². The summed E-state index contributed by atoms with van der Waals surface area (Å²) in [6.45, 7) is 0. The van der Waals surface area contributed by atoms with Gasteiger partial charge in [0.15, 0.2) is 5.69 Å². The van der Waals surface area contributed by atoms with E-state index in [0.29, 0.717) is 4.68 Å². The Labute approximate surface area is 91.0 Å². The second-order valence-electron chi connectivity index (χ2n) is 3.27. The van der Waals surface area contributed by atoms with E-state index in [0.717, 1.165) is 13.2 Å². The number of ketones is 1. The molecule has 0 fully saturated rings. The minimum atomic E-state index is -5.15. The quantitative estimate of drug-likeness (QED) is 0.763. The minimum absolute atomic E-state index is 0.710. The number of aryl methyl sites for hydroxylation is 1. The number of nitrogens with zero attached hydrogens (tertiary/aromatic N) is 2. The maximum absolute atomic E-state index is 12.3. The average molecular weight is 260 g/mol. The van der Waals surface area contributed by atoms with E-state index in [2.05, 4.69) is 5.10 Å². The van der Waals surface area contributed by atoms with E-state index in [-0.39, 0.29) is 0 Å². The van der Waals surface area contributed by atoms with E-state index in [1.165, 1.54) is 0 Å². The van der Waals surface area contributed by atoms with Crippen molar-refractivity contribution < 1.29 is 31.1 Å². The van der Waals surface area contributed by atoms with Crippen molar-refractivity contribution in [1.29, 1.82) is 0 Å². The molecule has 0 radical (unpaired) electrons. The number of hydrogen-bond donors (Lipinski definition) is 0. The highest BCUT2D eigenvalue weighted by molar-refractivity contribution is 5.86. The van der Waals surface area contributed by atoms with Crippen LogP contribution in [0.25, 0.3) is 0 Å². The molecule has 0 amide bonds. The molecule has 1 aromatic heterocycles. The molecule has 1 rings (SSSR count). The lowest BCUT2D eigenvalue weighted by atomic mass is 10.1. The summed E-state index contributed by atoms with van der Waals surface area (Å²) in [5.74, 6) is -2.24. The van der Waals surface area contributed by atoms with Crippen molar-refractivity contribution in [2.24, 2.45) is 7.05 Å². The minimum Gasteiger partial charge on any atom is -0.289 e. The Morgan fingerprint density at radius 3 is 2.24 bits per heavy atom. The molecule has 96 valence electrons. The van der Waals surface area contributed by atoms with Gasteiger partial charge in [-0.25, -0.2) is 0 Å². The first-order valence-electron chi connectivity index (χ1n) is 4.21. The zero-order chi connectivity index (χ0) is 13.4. The highest BCUT2D eigenvalue weighted by Crippen LogP contribution is 2.31. The zero-order valence-corrected chi connectivity index (χ0v) is 8.35. The Bertz CT molecular complexity index is 430. The van der Waals surface area contributed by atoms with E-state index in [1.807, 2.05) is 0 Å². The fourth-order valence-corrected chi connectivity index (χ4v) is 1.18. The van der Waals surface area contributed by atoms with Crippen LogP contribution in [0.3, 0.4) is 0 Å². The van der Waals surface area contributed by atoms with Gasteiger partial charge in [0.1, 0.15) is 0 Å². The van der Waals surface area contributed by atoms with Gasteiger partial charge in [0, 0.05) is 25.2 Å². The summed E-state index contributed by atoms with van der Waals surface area (Å²) in [6.07, 6.45) is -10.7. The van der Waals surface area contributed by atoms with Crippen molar-refractivity contribution in [3.05, 3.63) is 17.5 Å². The molecule has 0 atom stereocenters. The Hall–Kier alpha value is -1.54. The van der Waals surface area contributed by atoms with Crippen molar-refractivity contribution in [1.82, 2.24) is 9.78 Å². The monoisotopic (exact) mass is 260 g/mol. The van der Waals surface area contributed by atoms with Crippen molar-refractivity contribution in [3.63, 3.8) is 0 Å². The van der Waals surface area contributed by atoms with Gasteiger partial charge in [-0.2, -0.15) is 31.4 Å². The summed E-state index contributed by atoms with van der Waals surface area (Å²) in [6, 6.07) is 0. The molecule has 0 aliphatic rings. The van der Waals surface area contributed by atoms with Crippen LogP contribution in [-0.2, 0) is 24.4 Å². The van der Waals surface area contributed by atoms with Crippen LogP contribution < -0.4 is 0 Å². The number of carbonyl (C=O) groups is 1. The van der Waals surface area contributed by atoms with Gasteiger partial charge in [0.25, 0.3) is 0 Å². The predicted molar refractivity (Wildman–Crippen MR) is 43.0 cm³/mol. The van der Waals surface area contributed by atoms with Gasteiger partial charge in [0.2, 0.25) is 5.78 Å².